The van der Waals surface area contributed by atoms with Gasteiger partial charge < -0.3 is 15.6 Å². The van der Waals surface area contributed by atoms with E-state index in [4.69, 9.17) is 0 Å². The Morgan fingerprint density at radius 1 is 1.00 bits per heavy atom. The summed E-state index contributed by atoms with van der Waals surface area (Å²) in [5.74, 6) is -0.217. The van der Waals surface area contributed by atoms with Gasteiger partial charge in [-0.1, -0.05) is 6.07 Å². The summed E-state index contributed by atoms with van der Waals surface area (Å²) >= 11 is 0. The molecule has 0 spiro atoms. The number of carbonyl (C=O) groups excluding carboxylic acids is 2. The van der Waals surface area contributed by atoms with Gasteiger partial charge in [0, 0.05) is 36.9 Å². The summed E-state index contributed by atoms with van der Waals surface area (Å²) < 4.78 is 0. The lowest BCUT2D eigenvalue weighted by Gasteiger charge is -2.12. The van der Waals surface area contributed by atoms with Crippen molar-refractivity contribution in [3.63, 3.8) is 0 Å². The summed E-state index contributed by atoms with van der Waals surface area (Å²) in [6, 6.07) is 11.4. The van der Waals surface area contributed by atoms with Crippen molar-refractivity contribution in [1.29, 1.82) is 0 Å². The molecule has 0 aliphatic carbocycles. The van der Waals surface area contributed by atoms with E-state index in [9.17, 15) is 9.59 Å². The number of carbonyl (C=O) groups is 2. The number of aromatic amines is 1. The Kier molecular flexibility index (Phi) is 5.49. The molecule has 0 saturated carbocycles. The molecule has 3 N–H and O–H groups in total. The number of hydrogen-bond donors (Lipinski definition) is 3. The van der Waals surface area contributed by atoms with Gasteiger partial charge in [-0.2, -0.15) is 0 Å². The highest BCUT2D eigenvalue weighted by Crippen LogP contribution is 2.21. The molecule has 3 heterocycles. The molecule has 4 rings (SSSR count). The van der Waals surface area contributed by atoms with E-state index in [0.29, 0.717) is 23.4 Å². The van der Waals surface area contributed by atoms with E-state index < -0.39 is 0 Å². The second-order valence-corrected chi connectivity index (χ2v) is 7.60. The topological polar surface area (TPSA) is 99.8 Å². The highest BCUT2D eigenvalue weighted by Gasteiger charge is 2.09. The van der Waals surface area contributed by atoms with Crippen LogP contribution < -0.4 is 10.6 Å². The lowest BCUT2D eigenvalue weighted by atomic mass is 10.1. The first-order valence-corrected chi connectivity index (χ1v) is 9.95. The standard InChI is InChI=1S/C24H23N5O2/c1-14-6-19(11-25-10-14)24(31)28-20-5-4-15(2)18(8-20)12-26-21-7-17-9-22(16(3)30)29-23(17)27-13-21/h4-11,13,26H,12H2,1-3H3,(H,27,29)(H,28,31). The van der Waals surface area contributed by atoms with Crippen LogP contribution in [0.1, 0.15) is 44.5 Å². The lowest BCUT2D eigenvalue weighted by molar-refractivity contribution is 0.101. The number of fused-ring (bicyclic) bond motifs is 1. The van der Waals surface area contributed by atoms with Gasteiger partial charge in [-0.3, -0.25) is 14.6 Å². The van der Waals surface area contributed by atoms with Gasteiger partial charge in [0.05, 0.1) is 23.1 Å². The maximum Gasteiger partial charge on any atom is 0.257 e. The number of nitrogens with zero attached hydrogens (tertiary/aromatic N) is 2. The van der Waals surface area contributed by atoms with E-state index in [2.05, 4.69) is 25.6 Å². The molecule has 156 valence electrons. The van der Waals surface area contributed by atoms with Crippen LogP contribution in [0.5, 0.6) is 0 Å². The molecule has 0 unspecified atom stereocenters. The number of benzene rings is 1. The van der Waals surface area contributed by atoms with Crippen LogP contribution in [0.4, 0.5) is 11.4 Å². The molecule has 0 saturated heterocycles. The summed E-state index contributed by atoms with van der Waals surface area (Å²) in [5, 5.41) is 7.18. The van der Waals surface area contributed by atoms with Crippen molar-refractivity contribution in [3.05, 3.63) is 82.9 Å². The predicted molar refractivity (Wildman–Crippen MR) is 122 cm³/mol. The second-order valence-electron chi connectivity index (χ2n) is 7.60. The van der Waals surface area contributed by atoms with Gasteiger partial charge in [0.25, 0.3) is 5.91 Å². The van der Waals surface area contributed by atoms with Gasteiger partial charge in [0.1, 0.15) is 5.65 Å². The summed E-state index contributed by atoms with van der Waals surface area (Å²) in [5.41, 5.74) is 6.42. The van der Waals surface area contributed by atoms with Crippen LogP contribution in [0.3, 0.4) is 0 Å². The number of rotatable bonds is 6. The Balaban J connectivity index is 1.48. The van der Waals surface area contributed by atoms with E-state index in [1.807, 2.05) is 38.1 Å². The number of amides is 1. The molecule has 1 amide bonds. The van der Waals surface area contributed by atoms with Crippen LogP contribution in [0, 0.1) is 13.8 Å². The van der Waals surface area contributed by atoms with Crippen LogP contribution in [-0.2, 0) is 6.54 Å². The molecule has 0 aliphatic heterocycles. The number of aryl methyl sites for hydroxylation is 2. The molecular weight excluding hydrogens is 390 g/mol. The molecule has 0 bridgehead atoms. The first kappa shape index (κ1) is 20.3. The van der Waals surface area contributed by atoms with Crippen LogP contribution in [-0.4, -0.2) is 26.6 Å². The zero-order valence-corrected chi connectivity index (χ0v) is 17.6. The third-order valence-corrected chi connectivity index (χ3v) is 5.08. The Hall–Kier alpha value is -4.00. The normalized spacial score (nSPS) is 10.8. The van der Waals surface area contributed by atoms with E-state index >= 15 is 0 Å². The maximum absolute atomic E-state index is 12.5. The predicted octanol–water partition coefficient (Wildman–Crippen LogP) is 4.64. The van der Waals surface area contributed by atoms with Crippen molar-refractivity contribution in [3.8, 4) is 0 Å². The Morgan fingerprint density at radius 3 is 2.61 bits per heavy atom. The third kappa shape index (κ3) is 4.61. The zero-order chi connectivity index (χ0) is 22.0. The van der Waals surface area contributed by atoms with Crippen molar-refractivity contribution >= 4 is 34.1 Å². The molecule has 0 radical (unpaired) electrons. The van der Waals surface area contributed by atoms with Crippen LogP contribution in [0.15, 0.2) is 55.0 Å². The molecule has 0 atom stereocenters. The molecule has 0 fully saturated rings. The first-order valence-electron chi connectivity index (χ1n) is 9.95. The number of nitrogens with one attached hydrogen (secondary N) is 3. The van der Waals surface area contributed by atoms with E-state index in [1.54, 1.807) is 30.7 Å². The van der Waals surface area contributed by atoms with Crippen LogP contribution >= 0.6 is 0 Å². The Bertz CT molecular complexity index is 1290. The molecule has 1 aromatic carbocycles. The fraction of sp³-hybridized carbons (Fsp3) is 0.167. The van der Waals surface area contributed by atoms with Gasteiger partial charge in [-0.15, -0.1) is 0 Å². The fourth-order valence-corrected chi connectivity index (χ4v) is 3.32. The minimum absolute atomic E-state index is 0.0246. The average molecular weight is 413 g/mol. The van der Waals surface area contributed by atoms with E-state index in [1.165, 1.54) is 6.92 Å². The molecule has 7 nitrogen and oxygen atoms in total. The van der Waals surface area contributed by atoms with Gasteiger partial charge in [-0.25, -0.2) is 4.98 Å². The quantitative estimate of drug-likeness (QED) is 0.400. The monoisotopic (exact) mass is 413 g/mol. The number of Topliss-reactive ketones (excluding diaryl/α,β-unsaturated/α-hetero) is 1. The maximum atomic E-state index is 12.5. The van der Waals surface area contributed by atoms with Crippen molar-refractivity contribution in [2.24, 2.45) is 0 Å². The Labute approximate surface area is 179 Å². The first-order chi connectivity index (χ1) is 14.9. The minimum atomic E-state index is -0.192. The molecule has 4 aromatic rings. The molecular formula is C24H23N5O2. The highest BCUT2D eigenvalue weighted by atomic mass is 16.1. The number of anilines is 2. The van der Waals surface area contributed by atoms with E-state index in [-0.39, 0.29) is 11.7 Å². The van der Waals surface area contributed by atoms with Gasteiger partial charge in [-0.05, 0) is 60.9 Å². The number of pyridine rings is 2. The van der Waals surface area contributed by atoms with Crippen LogP contribution in [0.2, 0.25) is 0 Å². The van der Waals surface area contributed by atoms with Crippen molar-refractivity contribution in [2.75, 3.05) is 10.6 Å². The number of H-pyrrole nitrogens is 1. The smallest absolute Gasteiger partial charge is 0.257 e. The second kappa shape index (κ2) is 8.39. The molecule has 7 heteroatoms. The summed E-state index contributed by atoms with van der Waals surface area (Å²) in [6.07, 6.45) is 5.00. The molecule has 0 aliphatic rings. The Morgan fingerprint density at radius 2 is 1.84 bits per heavy atom. The summed E-state index contributed by atoms with van der Waals surface area (Å²) in [6.45, 7) is 6.02. The van der Waals surface area contributed by atoms with Gasteiger partial charge >= 0.3 is 0 Å². The van der Waals surface area contributed by atoms with Crippen molar-refractivity contribution in [1.82, 2.24) is 15.0 Å². The van der Waals surface area contributed by atoms with Crippen molar-refractivity contribution < 1.29 is 9.59 Å². The molecule has 3 aromatic heterocycles. The fourth-order valence-electron chi connectivity index (χ4n) is 3.32. The number of aromatic nitrogens is 3. The van der Waals surface area contributed by atoms with Crippen LogP contribution in [0.25, 0.3) is 11.0 Å². The number of hydrogen-bond acceptors (Lipinski definition) is 5. The molecule has 31 heavy (non-hydrogen) atoms. The summed E-state index contributed by atoms with van der Waals surface area (Å²) in [7, 11) is 0. The van der Waals surface area contributed by atoms with Gasteiger partial charge in [0.15, 0.2) is 5.78 Å². The minimum Gasteiger partial charge on any atom is -0.380 e. The third-order valence-electron chi connectivity index (χ3n) is 5.08. The highest BCUT2D eigenvalue weighted by molar-refractivity contribution is 6.04. The number of ketones is 1. The largest absolute Gasteiger partial charge is 0.380 e. The zero-order valence-electron chi connectivity index (χ0n) is 17.6. The SMILES string of the molecule is CC(=O)c1cc2cc(NCc3cc(NC(=O)c4cncc(C)c4)ccc3C)cnc2[nH]1. The lowest BCUT2D eigenvalue weighted by Crippen LogP contribution is -2.13. The van der Waals surface area contributed by atoms with Crippen molar-refractivity contribution in [2.45, 2.75) is 27.3 Å². The average Bonchev–Trinajstić information content (AvgIpc) is 3.18. The van der Waals surface area contributed by atoms with E-state index in [0.717, 1.165) is 33.5 Å². The summed E-state index contributed by atoms with van der Waals surface area (Å²) in [4.78, 5) is 35.5. The van der Waals surface area contributed by atoms with Gasteiger partial charge in [0.2, 0.25) is 0 Å².